The number of rotatable bonds is 7. The van der Waals surface area contributed by atoms with E-state index in [1.807, 2.05) is 0 Å². The van der Waals surface area contributed by atoms with Crippen molar-refractivity contribution in [3.63, 3.8) is 0 Å². The summed E-state index contributed by atoms with van der Waals surface area (Å²) in [4.78, 5) is 11.4. The maximum absolute atomic E-state index is 12.5. The van der Waals surface area contributed by atoms with E-state index in [0.29, 0.717) is 0 Å². The Bertz CT molecular complexity index is 961. The van der Waals surface area contributed by atoms with E-state index in [1.165, 1.54) is 36.4 Å². The predicted octanol–water partition coefficient (Wildman–Crippen LogP) is 2.14. The summed E-state index contributed by atoms with van der Waals surface area (Å²) in [5, 5.41) is 0. The summed E-state index contributed by atoms with van der Waals surface area (Å²) in [6.07, 6.45) is -1.18. The molecule has 2 rings (SSSR count). The van der Waals surface area contributed by atoms with Crippen LogP contribution in [0, 0.1) is 0 Å². The van der Waals surface area contributed by atoms with Crippen molar-refractivity contribution in [3.8, 4) is 0 Å². The van der Waals surface area contributed by atoms with Crippen LogP contribution in [0.4, 0.5) is 10.5 Å². The minimum absolute atomic E-state index is 0.00105. The zero-order valence-electron chi connectivity index (χ0n) is 13.3. The van der Waals surface area contributed by atoms with Crippen molar-refractivity contribution in [1.29, 1.82) is 0 Å². The van der Waals surface area contributed by atoms with E-state index in [0.717, 1.165) is 0 Å². The average molecular weight is 419 g/mol. The summed E-state index contributed by atoms with van der Waals surface area (Å²) in [5.74, 6) is 0.0260. The summed E-state index contributed by atoms with van der Waals surface area (Å²) in [5.41, 5.74) is 0.0645. The normalized spacial score (nSPS) is 11.6. The lowest BCUT2D eigenvalue weighted by Crippen LogP contribution is -2.36. The zero-order valence-corrected chi connectivity index (χ0v) is 15.6. The van der Waals surface area contributed by atoms with Crippen molar-refractivity contribution in [2.75, 3.05) is 17.2 Å². The molecule has 2 N–H and O–H groups in total. The van der Waals surface area contributed by atoms with Crippen LogP contribution in [-0.2, 0) is 24.8 Å². The summed E-state index contributed by atoms with van der Waals surface area (Å²) in [6, 6.07) is 12.9. The zero-order chi connectivity index (χ0) is 19.2. The van der Waals surface area contributed by atoms with Crippen molar-refractivity contribution in [2.45, 2.75) is 9.79 Å². The van der Waals surface area contributed by atoms with E-state index in [1.54, 1.807) is 22.9 Å². The topological polar surface area (TPSA) is 119 Å². The van der Waals surface area contributed by atoms with Crippen LogP contribution in [0.2, 0.25) is 0 Å². The molecule has 0 saturated carbocycles. The molecule has 0 unspecified atom stereocenters. The van der Waals surface area contributed by atoms with Crippen LogP contribution in [0.25, 0.3) is 0 Å². The number of hydrogen-bond donors (Lipinski definition) is 2. The van der Waals surface area contributed by atoms with E-state index in [4.69, 9.17) is 11.6 Å². The van der Waals surface area contributed by atoms with Gasteiger partial charge in [0.2, 0.25) is 9.84 Å². The number of carbonyl (C=O) groups excluding carboxylic acids is 1. The molecule has 2 aromatic rings. The molecule has 0 fully saturated rings. The molecule has 26 heavy (non-hydrogen) atoms. The molecule has 8 nitrogen and oxygen atoms in total. The second-order valence-corrected chi connectivity index (χ2v) is 8.62. The second-order valence-electron chi connectivity index (χ2n) is 4.87. The molecule has 0 bridgehead atoms. The Morgan fingerprint density at radius 3 is 2.08 bits per heavy atom. The third kappa shape index (κ3) is 5.35. The molecule has 2 aromatic carbocycles. The summed E-state index contributed by atoms with van der Waals surface area (Å²) < 4.78 is 56.7. The van der Waals surface area contributed by atoms with Crippen molar-refractivity contribution in [2.24, 2.45) is 0 Å². The second kappa shape index (κ2) is 8.39. The van der Waals surface area contributed by atoms with E-state index in [9.17, 15) is 21.6 Å². The lowest BCUT2D eigenvalue weighted by atomic mass is 10.3. The van der Waals surface area contributed by atoms with Gasteiger partial charge in [-0.2, -0.15) is 8.42 Å². The van der Waals surface area contributed by atoms with Gasteiger partial charge in [0.15, 0.2) is 0 Å². The van der Waals surface area contributed by atoms with Gasteiger partial charge in [0.1, 0.15) is 6.61 Å². The van der Waals surface area contributed by atoms with Crippen LogP contribution < -0.4 is 9.44 Å². The minimum atomic E-state index is -4.23. The first-order valence-electron chi connectivity index (χ1n) is 7.18. The van der Waals surface area contributed by atoms with Crippen LogP contribution in [0.5, 0.6) is 0 Å². The van der Waals surface area contributed by atoms with Gasteiger partial charge in [-0.1, -0.05) is 18.2 Å². The molecular weight excluding hydrogens is 404 g/mol. The molecule has 0 aliphatic rings. The molecule has 0 spiro atoms. The average Bonchev–Trinajstić information content (AvgIpc) is 2.60. The standard InChI is InChI=1S/C15H15ClN2O6S2/c16-10-11-24-15(19)18-26(22,23)17-12-6-8-14(9-7-12)25(20,21)13-4-2-1-3-5-13/h1-9,17H,10-11H2,(H,18,19). The molecule has 0 atom stereocenters. The van der Waals surface area contributed by atoms with Crippen LogP contribution in [0.15, 0.2) is 64.4 Å². The fourth-order valence-corrected chi connectivity index (χ4v) is 4.02. The third-order valence-electron chi connectivity index (χ3n) is 3.00. The van der Waals surface area contributed by atoms with E-state index in [2.05, 4.69) is 9.46 Å². The monoisotopic (exact) mass is 418 g/mol. The Morgan fingerprint density at radius 1 is 0.923 bits per heavy atom. The highest BCUT2D eigenvalue weighted by Crippen LogP contribution is 2.22. The number of halogens is 1. The van der Waals surface area contributed by atoms with Crippen molar-refractivity contribution in [1.82, 2.24) is 4.72 Å². The lowest BCUT2D eigenvalue weighted by Gasteiger charge is -2.10. The maximum Gasteiger partial charge on any atom is 0.422 e. The number of ether oxygens (including phenoxy) is 1. The number of amides is 1. The number of hydrogen-bond acceptors (Lipinski definition) is 6. The number of carbonyl (C=O) groups is 1. The Hall–Kier alpha value is -2.30. The van der Waals surface area contributed by atoms with E-state index >= 15 is 0 Å². The van der Waals surface area contributed by atoms with Crippen LogP contribution in [0.3, 0.4) is 0 Å². The summed E-state index contributed by atoms with van der Waals surface area (Å²) in [6.45, 7) is -0.144. The quantitative estimate of drug-likeness (QED) is 0.665. The molecule has 0 heterocycles. The molecule has 140 valence electrons. The fraction of sp³-hybridized carbons (Fsp3) is 0.133. The van der Waals surface area contributed by atoms with E-state index < -0.39 is 26.1 Å². The van der Waals surface area contributed by atoms with E-state index in [-0.39, 0.29) is 28.0 Å². The van der Waals surface area contributed by atoms with Gasteiger partial charge in [0.25, 0.3) is 0 Å². The summed E-state index contributed by atoms with van der Waals surface area (Å²) in [7, 11) is -7.94. The molecule has 11 heteroatoms. The summed E-state index contributed by atoms with van der Waals surface area (Å²) >= 11 is 5.32. The molecular formula is C15H15ClN2O6S2. The first kappa shape index (κ1) is 20.0. The Labute approximate surface area is 156 Å². The highest BCUT2D eigenvalue weighted by molar-refractivity contribution is 7.91. The largest absolute Gasteiger partial charge is 0.448 e. The first-order chi connectivity index (χ1) is 12.2. The molecule has 0 aromatic heterocycles. The Balaban J connectivity index is 2.11. The Morgan fingerprint density at radius 2 is 1.50 bits per heavy atom. The van der Waals surface area contributed by atoms with Gasteiger partial charge in [0, 0.05) is 0 Å². The smallest absolute Gasteiger partial charge is 0.422 e. The fourth-order valence-electron chi connectivity index (χ4n) is 1.89. The SMILES string of the molecule is O=C(NS(=O)(=O)Nc1ccc(S(=O)(=O)c2ccccc2)cc1)OCCCl. The van der Waals surface area contributed by atoms with Gasteiger partial charge < -0.3 is 4.74 Å². The highest BCUT2D eigenvalue weighted by atomic mass is 35.5. The molecule has 1 amide bonds. The van der Waals surface area contributed by atoms with Gasteiger partial charge in [-0.15, -0.1) is 11.6 Å². The van der Waals surface area contributed by atoms with Crippen LogP contribution in [0.1, 0.15) is 0 Å². The van der Waals surface area contributed by atoms with Crippen molar-refractivity contribution >= 4 is 43.4 Å². The molecule has 0 saturated heterocycles. The predicted molar refractivity (Wildman–Crippen MR) is 96.1 cm³/mol. The number of sulfone groups is 1. The van der Waals surface area contributed by atoms with Crippen LogP contribution in [-0.4, -0.2) is 35.4 Å². The van der Waals surface area contributed by atoms with Crippen molar-refractivity contribution in [3.05, 3.63) is 54.6 Å². The lowest BCUT2D eigenvalue weighted by molar-refractivity contribution is 0.159. The molecule has 0 radical (unpaired) electrons. The third-order valence-corrected chi connectivity index (χ3v) is 5.88. The first-order valence-corrected chi connectivity index (χ1v) is 10.7. The highest BCUT2D eigenvalue weighted by Gasteiger charge is 2.18. The van der Waals surface area contributed by atoms with Crippen molar-refractivity contribution < 1.29 is 26.4 Å². The number of nitrogens with one attached hydrogen (secondary N) is 2. The van der Waals surface area contributed by atoms with Crippen LogP contribution >= 0.6 is 11.6 Å². The maximum atomic E-state index is 12.5. The van der Waals surface area contributed by atoms with Gasteiger partial charge >= 0.3 is 16.3 Å². The Kier molecular flexibility index (Phi) is 6.46. The molecule has 0 aliphatic carbocycles. The van der Waals surface area contributed by atoms with Gasteiger partial charge in [-0.05, 0) is 36.4 Å². The number of anilines is 1. The van der Waals surface area contributed by atoms with Gasteiger partial charge in [-0.3, -0.25) is 4.72 Å². The number of benzene rings is 2. The number of alkyl halides is 1. The minimum Gasteiger partial charge on any atom is -0.448 e. The molecule has 0 aliphatic heterocycles. The van der Waals surface area contributed by atoms with Gasteiger partial charge in [-0.25, -0.2) is 17.9 Å². The van der Waals surface area contributed by atoms with Gasteiger partial charge in [0.05, 0.1) is 21.4 Å².